The molecule has 2 saturated heterocycles. The van der Waals surface area contributed by atoms with Gasteiger partial charge in [0.2, 0.25) is 0 Å². The van der Waals surface area contributed by atoms with E-state index in [1.54, 1.807) is 6.33 Å². The first-order valence-corrected chi connectivity index (χ1v) is 8.45. The maximum absolute atomic E-state index is 12.3. The number of rotatable bonds is 4. The number of anilines is 1. The molecule has 0 aromatic carbocycles. The standard InChI is InChI=1S/C16H23F3N4O/c17-16(18,19)3-4-22-5-7-23(8-6-22)15-11-14(20-12-21-15)13-1-9-24-10-2-13/h11-13H,1-10H2. The van der Waals surface area contributed by atoms with Crippen LogP contribution in [0.4, 0.5) is 19.0 Å². The van der Waals surface area contributed by atoms with Gasteiger partial charge in [-0.2, -0.15) is 13.2 Å². The van der Waals surface area contributed by atoms with Crippen molar-refractivity contribution in [2.45, 2.75) is 31.4 Å². The molecule has 0 N–H and O–H groups in total. The van der Waals surface area contributed by atoms with Crippen LogP contribution in [-0.4, -0.2) is 67.0 Å². The molecule has 0 spiro atoms. The number of hydrogen-bond donors (Lipinski definition) is 0. The van der Waals surface area contributed by atoms with Gasteiger partial charge in [-0.05, 0) is 12.8 Å². The van der Waals surface area contributed by atoms with Crippen molar-refractivity contribution >= 4 is 5.82 Å². The molecule has 2 aliphatic rings. The van der Waals surface area contributed by atoms with Gasteiger partial charge in [0.25, 0.3) is 0 Å². The normalized spacial score (nSPS) is 21.2. The first-order valence-electron chi connectivity index (χ1n) is 8.45. The van der Waals surface area contributed by atoms with Crippen LogP contribution >= 0.6 is 0 Å². The number of piperazine rings is 1. The first-order chi connectivity index (χ1) is 11.5. The molecule has 0 amide bonds. The van der Waals surface area contributed by atoms with Crippen LogP contribution < -0.4 is 4.90 Å². The fourth-order valence-electron chi connectivity index (χ4n) is 3.24. The van der Waals surface area contributed by atoms with Crippen LogP contribution in [0.25, 0.3) is 0 Å². The third kappa shape index (κ3) is 4.80. The molecule has 24 heavy (non-hydrogen) atoms. The van der Waals surface area contributed by atoms with Crippen LogP contribution in [0, 0.1) is 0 Å². The Balaban J connectivity index is 1.54. The highest BCUT2D eigenvalue weighted by molar-refractivity contribution is 5.40. The fourth-order valence-corrected chi connectivity index (χ4v) is 3.24. The molecule has 0 atom stereocenters. The zero-order valence-electron chi connectivity index (χ0n) is 13.6. The predicted molar refractivity (Wildman–Crippen MR) is 84.2 cm³/mol. The van der Waals surface area contributed by atoms with Gasteiger partial charge in [0.15, 0.2) is 0 Å². The second-order valence-electron chi connectivity index (χ2n) is 6.38. The van der Waals surface area contributed by atoms with Crippen molar-refractivity contribution in [1.82, 2.24) is 14.9 Å². The average Bonchev–Trinajstić information content (AvgIpc) is 2.61. The second-order valence-corrected chi connectivity index (χ2v) is 6.38. The predicted octanol–water partition coefficient (Wildman–Crippen LogP) is 2.45. The van der Waals surface area contributed by atoms with E-state index in [-0.39, 0.29) is 6.54 Å². The van der Waals surface area contributed by atoms with E-state index in [2.05, 4.69) is 14.9 Å². The smallest absolute Gasteiger partial charge is 0.381 e. The highest BCUT2D eigenvalue weighted by Crippen LogP contribution is 2.27. The van der Waals surface area contributed by atoms with Gasteiger partial charge in [-0.25, -0.2) is 9.97 Å². The minimum absolute atomic E-state index is 0.0778. The van der Waals surface area contributed by atoms with E-state index in [0.717, 1.165) is 37.6 Å². The van der Waals surface area contributed by atoms with Gasteiger partial charge in [0.05, 0.1) is 6.42 Å². The molecule has 0 bridgehead atoms. The number of nitrogens with zero attached hydrogens (tertiary/aromatic N) is 4. The summed E-state index contributed by atoms with van der Waals surface area (Å²) in [6, 6.07) is 2.03. The van der Waals surface area contributed by atoms with E-state index in [9.17, 15) is 13.2 Å². The lowest BCUT2D eigenvalue weighted by Crippen LogP contribution is -2.47. The molecule has 0 radical (unpaired) electrons. The number of halogens is 3. The lowest BCUT2D eigenvalue weighted by atomic mass is 9.96. The fraction of sp³-hybridized carbons (Fsp3) is 0.750. The monoisotopic (exact) mass is 344 g/mol. The summed E-state index contributed by atoms with van der Waals surface area (Å²) in [5.41, 5.74) is 1.04. The van der Waals surface area contributed by atoms with E-state index >= 15 is 0 Å². The topological polar surface area (TPSA) is 41.5 Å². The Hall–Kier alpha value is -1.41. The number of ether oxygens (including phenoxy) is 1. The Labute approximate surface area is 139 Å². The number of alkyl halides is 3. The summed E-state index contributed by atoms with van der Waals surface area (Å²) in [6.07, 6.45) is -1.28. The van der Waals surface area contributed by atoms with E-state index in [1.807, 2.05) is 11.0 Å². The summed E-state index contributed by atoms with van der Waals surface area (Å²) in [7, 11) is 0. The molecular formula is C16H23F3N4O. The Morgan fingerprint density at radius 3 is 2.46 bits per heavy atom. The molecular weight excluding hydrogens is 321 g/mol. The number of aromatic nitrogens is 2. The molecule has 3 rings (SSSR count). The van der Waals surface area contributed by atoms with Crippen molar-refractivity contribution in [2.75, 3.05) is 50.8 Å². The van der Waals surface area contributed by atoms with E-state index in [1.165, 1.54) is 0 Å². The SMILES string of the molecule is FC(F)(F)CCN1CCN(c2cc(C3CCOCC3)ncn2)CC1. The Kier molecular flexibility index (Phi) is 5.55. The van der Waals surface area contributed by atoms with Gasteiger partial charge in [-0.3, -0.25) is 4.90 Å². The van der Waals surface area contributed by atoms with Crippen LogP contribution in [0.2, 0.25) is 0 Å². The van der Waals surface area contributed by atoms with Crippen LogP contribution in [0.5, 0.6) is 0 Å². The van der Waals surface area contributed by atoms with Crippen LogP contribution in [0.15, 0.2) is 12.4 Å². The van der Waals surface area contributed by atoms with Crippen molar-refractivity contribution in [2.24, 2.45) is 0 Å². The van der Waals surface area contributed by atoms with Gasteiger partial charge < -0.3 is 9.64 Å². The van der Waals surface area contributed by atoms with Crippen molar-refractivity contribution < 1.29 is 17.9 Å². The number of hydrogen-bond acceptors (Lipinski definition) is 5. The zero-order chi connectivity index (χ0) is 17.0. The minimum Gasteiger partial charge on any atom is -0.381 e. The van der Waals surface area contributed by atoms with Gasteiger partial charge in [-0.15, -0.1) is 0 Å². The Morgan fingerprint density at radius 1 is 1.08 bits per heavy atom. The quantitative estimate of drug-likeness (QED) is 0.839. The van der Waals surface area contributed by atoms with Crippen molar-refractivity contribution in [3.63, 3.8) is 0 Å². The van der Waals surface area contributed by atoms with Crippen molar-refractivity contribution in [1.29, 1.82) is 0 Å². The molecule has 2 fully saturated rings. The van der Waals surface area contributed by atoms with E-state index in [0.29, 0.717) is 32.1 Å². The van der Waals surface area contributed by atoms with Gasteiger partial charge >= 0.3 is 6.18 Å². The minimum atomic E-state index is -4.08. The third-order valence-corrected chi connectivity index (χ3v) is 4.72. The van der Waals surface area contributed by atoms with E-state index < -0.39 is 12.6 Å². The molecule has 1 aromatic heterocycles. The molecule has 3 heterocycles. The summed E-state index contributed by atoms with van der Waals surface area (Å²) in [4.78, 5) is 12.8. The molecule has 8 heteroatoms. The summed E-state index contributed by atoms with van der Waals surface area (Å²) in [6.45, 7) is 4.27. The molecule has 1 aromatic rings. The highest BCUT2D eigenvalue weighted by Gasteiger charge is 2.29. The van der Waals surface area contributed by atoms with Crippen molar-refractivity contribution in [3.05, 3.63) is 18.1 Å². The highest BCUT2D eigenvalue weighted by atomic mass is 19.4. The molecule has 2 aliphatic heterocycles. The van der Waals surface area contributed by atoms with Gasteiger partial charge in [0, 0.05) is 63.6 Å². The van der Waals surface area contributed by atoms with Gasteiger partial charge in [0.1, 0.15) is 12.1 Å². The molecule has 0 unspecified atom stereocenters. The van der Waals surface area contributed by atoms with Crippen LogP contribution in [0.3, 0.4) is 0 Å². The lowest BCUT2D eigenvalue weighted by molar-refractivity contribution is -0.138. The zero-order valence-corrected chi connectivity index (χ0v) is 13.6. The largest absolute Gasteiger partial charge is 0.390 e. The molecule has 134 valence electrons. The Morgan fingerprint density at radius 2 is 1.79 bits per heavy atom. The van der Waals surface area contributed by atoms with Crippen molar-refractivity contribution in [3.8, 4) is 0 Å². The van der Waals surface area contributed by atoms with Gasteiger partial charge in [-0.1, -0.05) is 0 Å². The molecule has 0 saturated carbocycles. The lowest BCUT2D eigenvalue weighted by Gasteiger charge is -2.35. The van der Waals surface area contributed by atoms with Crippen LogP contribution in [-0.2, 0) is 4.74 Å². The third-order valence-electron chi connectivity index (χ3n) is 4.72. The van der Waals surface area contributed by atoms with E-state index in [4.69, 9.17) is 4.74 Å². The first kappa shape index (κ1) is 17.4. The summed E-state index contributed by atoms with van der Waals surface area (Å²) < 4.78 is 42.3. The second kappa shape index (κ2) is 7.65. The Bertz CT molecular complexity index is 526. The molecule has 5 nitrogen and oxygen atoms in total. The molecule has 0 aliphatic carbocycles. The van der Waals surface area contributed by atoms with Crippen LogP contribution in [0.1, 0.15) is 30.9 Å². The maximum atomic E-state index is 12.3. The average molecular weight is 344 g/mol. The maximum Gasteiger partial charge on any atom is 0.390 e. The summed E-state index contributed by atoms with van der Waals surface area (Å²) >= 11 is 0. The summed E-state index contributed by atoms with van der Waals surface area (Å²) in [5.74, 6) is 1.29. The summed E-state index contributed by atoms with van der Waals surface area (Å²) in [5, 5.41) is 0.